The molecule has 110 valence electrons. The van der Waals surface area contributed by atoms with Crippen molar-refractivity contribution in [2.24, 2.45) is 0 Å². The molecular formula is C17H19ClN2O. The average molecular weight is 303 g/mol. The van der Waals surface area contributed by atoms with Gasteiger partial charge in [0, 0.05) is 17.3 Å². The number of carbonyl (C=O) groups excluding carboxylic acids is 1. The van der Waals surface area contributed by atoms with Crippen LogP contribution in [0.15, 0.2) is 36.4 Å². The number of benzene rings is 2. The number of rotatable bonds is 3. The van der Waals surface area contributed by atoms with E-state index >= 15 is 0 Å². The summed E-state index contributed by atoms with van der Waals surface area (Å²) in [6.07, 6.45) is 0. The third kappa shape index (κ3) is 3.99. The van der Waals surface area contributed by atoms with Crippen LogP contribution in [0.25, 0.3) is 0 Å². The first-order valence-electron chi connectivity index (χ1n) is 6.83. The topological polar surface area (TPSA) is 41.1 Å². The van der Waals surface area contributed by atoms with Crippen LogP contribution in [0.5, 0.6) is 0 Å². The first kappa shape index (κ1) is 15.4. The van der Waals surface area contributed by atoms with Gasteiger partial charge in [0.1, 0.15) is 0 Å². The zero-order valence-electron chi connectivity index (χ0n) is 12.5. The number of nitrogens with one attached hydrogen (secondary N) is 2. The van der Waals surface area contributed by atoms with Crippen molar-refractivity contribution in [1.29, 1.82) is 0 Å². The van der Waals surface area contributed by atoms with E-state index in [0.29, 0.717) is 11.6 Å². The number of carbonyl (C=O) groups is 1. The molecule has 0 saturated heterocycles. The summed E-state index contributed by atoms with van der Waals surface area (Å²) in [5.74, 6) is 0. The normalized spacial score (nSPS) is 10.3. The highest BCUT2D eigenvalue weighted by Gasteiger charge is 2.08. The number of aryl methyl sites for hydroxylation is 3. The lowest BCUT2D eigenvalue weighted by Crippen LogP contribution is -2.29. The molecule has 0 aromatic heterocycles. The Balaban J connectivity index is 2.01. The summed E-state index contributed by atoms with van der Waals surface area (Å²) in [5.41, 5.74) is 5.05. The Bertz CT molecular complexity index is 645. The molecule has 2 rings (SSSR count). The predicted molar refractivity (Wildman–Crippen MR) is 88.0 cm³/mol. The Morgan fingerprint density at radius 2 is 1.71 bits per heavy atom. The molecule has 21 heavy (non-hydrogen) atoms. The molecule has 2 aromatic carbocycles. The molecule has 0 aliphatic rings. The summed E-state index contributed by atoms with van der Waals surface area (Å²) >= 11 is 6.06. The maximum Gasteiger partial charge on any atom is 0.319 e. The van der Waals surface area contributed by atoms with Gasteiger partial charge in [-0.05, 0) is 43.5 Å². The molecule has 0 radical (unpaired) electrons. The van der Waals surface area contributed by atoms with Crippen molar-refractivity contribution < 1.29 is 4.79 Å². The van der Waals surface area contributed by atoms with Gasteiger partial charge in [-0.15, -0.1) is 0 Å². The minimum Gasteiger partial charge on any atom is -0.334 e. The lowest BCUT2D eigenvalue weighted by Gasteiger charge is -2.14. The molecule has 0 unspecified atom stereocenters. The third-order valence-electron chi connectivity index (χ3n) is 3.31. The van der Waals surface area contributed by atoms with Gasteiger partial charge in [-0.3, -0.25) is 0 Å². The zero-order chi connectivity index (χ0) is 15.4. The Morgan fingerprint density at radius 1 is 1.10 bits per heavy atom. The van der Waals surface area contributed by atoms with Crippen molar-refractivity contribution in [1.82, 2.24) is 5.32 Å². The molecular weight excluding hydrogens is 284 g/mol. The average Bonchev–Trinajstić information content (AvgIpc) is 2.42. The fourth-order valence-corrected chi connectivity index (χ4v) is 2.55. The zero-order valence-corrected chi connectivity index (χ0v) is 13.2. The van der Waals surface area contributed by atoms with Crippen LogP contribution in [0.3, 0.4) is 0 Å². The summed E-state index contributed by atoms with van der Waals surface area (Å²) in [4.78, 5) is 12.0. The summed E-state index contributed by atoms with van der Waals surface area (Å²) in [7, 11) is 0. The van der Waals surface area contributed by atoms with Crippen molar-refractivity contribution in [3.05, 3.63) is 63.7 Å². The van der Waals surface area contributed by atoms with E-state index in [1.54, 1.807) is 0 Å². The van der Waals surface area contributed by atoms with E-state index in [9.17, 15) is 4.79 Å². The highest BCUT2D eigenvalue weighted by atomic mass is 35.5. The van der Waals surface area contributed by atoms with Crippen LogP contribution in [0.1, 0.15) is 22.3 Å². The van der Waals surface area contributed by atoms with Gasteiger partial charge in [0.25, 0.3) is 0 Å². The lowest BCUT2D eigenvalue weighted by molar-refractivity contribution is 0.251. The van der Waals surface area contributed by atoms with E-state index in [1.165, 1.54) is 5.56 Å². The van der Waals surface area contributed by atoms with E-state index < -0.39 is 0 Å². The van der Waals surface area contributed by atoms with E-state index in [1.807, 2.05) is 45.0 Å². The minimum atomic E-state index is -0.232. The van der Waals surface area contributed by atoms with Crippen LogP contribution < -0.4 is 10.6 Å². The molecule has 2 aromatic rings. The predicted octanol–water partition coefficient (Wildman–Crippen LogP) is 4.59. The number of hydrogen-bond acceptors (Lipinski definition) is 1. The molecule has 3 nitrogen and oxygen atoms in total. The minimum absolute atomic E-state index is 0.232. The van der Waals surface area contributed by atoms with E-state index in [4.69, 9.17) is 11.6 Å². The third-order valence-corrected chi connectivity index (χ3v) is 3.68. The molecule has 0 heterocycles. The molecule has 0 aliphatic heterocycles. The molecule has 0 fully saturated rings. The molecule has 4 heteroatoms. The highest BCUT2D eigenvalue weighted by Crippen LogP contribution is 2.21. The summed E-state index contributed by atoms with van der Waals surface area (Å²) in [5, 5.41) is 6.38. The van der Waals surface area contributed by atoms with Gasteiger partial charge in [-0.2, -0.15) is 0 Å². The molecule has 0 aliphatic carbocycles. The van der Waals surface area contributed by atoms with Crippen LogP contribution in [-0.4, -0.2) is 6.03 Å². The van der Waals surface area contributed by atoms with Gasteiger partial charge >= 0.3 is 6.03 Å². The van der Waals surface area contributed by atoms with Crippen molar-refractivity contribution in [3.63, 3.8) is 0 Å². The Kier molecular flexibility index (Phi) is 4.86. The Labute approximate surface area is 130 Å². The molecule has 2 N–H and O–H groups in total. The fraction of sp³-hybridized carbons (Fsp3) is 0.235. The van der Waals surface area contributed by atoms with Gasteiger partial charge in [0.15, 0.2) is 0 Å². The smallest absolute Gasteiger partial charge is 0.319 e. The van der Waals surface area contributed by atoms with E-state index in [0.717, 1.165) is 22.4 Å². The number of urea groups is 1. The maximum absolute atomic E-state index is 12.0. The second-order valence-corrected chi connectivity index (χ2v) is 5.58. The SMILES string of the molecule is Cc1cc(C)c(NC(=O)NCc2ccccc2Cl)c(C)c1. The maximum atomic E-state index is 12.0. The second-order valence-electron chi connectivity index (χ2n) is 5.17. The van der Waals surface area contributed by atoms with Crippen LogP contribution in [0.2, 0.25) is 5.02 Å². The van der Waals surface area contributed by atoms with Crippen LogP contribution in [-0.2, 0) is 6.54 Å². The lowest BCUT2D eigenvalue weighted by atomic mass is 10.1. The molecule has 0 atom stereocenters. The van der Waals surface area contributed by atoms with Gasteiger partial charge in [0.05, 0.1) is 0 Å². The van der Waals surface area contributed by atoms with Gasteiger partial charge in [-0.1, -0.05) is 47.5 Å². The van der Waals surface area contributed by atoms with E-state index in [-0.39, 0.29) is 6.03 Å². The van der Waals surface area contributed by atoms with Crippen LogP contribution in [0, 0.1) is 20.8 Å². The standard InChI is InChI=1S/C17H19ClN2O/c1-11-8-12(2)16(13(3)9-11)20-17(21)19-10-14-6-4-5-7-15(14)18/h4-9H,10H2,1-3H3,(H2,19,20,21). The van der Waals surface area contributed by atoms with Gasteiger partial charge in [-0.25, -0.2) is 4.79 Å². The number of amides is 2. The number of hydrogen-bond donors (Lipinski definition) is 2. The summed E-state index contributed by atoms with van der Waals surface area (Å²) in [6.45, 7) is 6.42. The summed E-state index contributed by atoms with van der Waals surface area (Å²) in [6, 6.07) is 11.3. The number of anilines is 1. The van der Waals surface area contributed by atoms with Crippen molar-refractivity contribution in [2.75, 3.05) is 5.32 Å². The molecule has 0 saturated carbocycles. The van der Waals surface area contributed by atoms with Crippen molar-refractivity contribution in [3.8, 4) is 0 Å². The Hall–Kier alpha value is -2.00. The molecule has 0 spiro atoms. The quantitative estimate of drug-likeness (QED) is 0.855. The number of halogens is 1. The second kappa shape index (κ2) is 6.64. The first-order chi connectivity index (χ1) is 9.97. The molecule has 2 amide bonds. The highest BCUT2D eigenvalue weighted by molar-refractivity contribution is 6.31. The fourth-order valence-electron chi connectivity index (χ4n) is 2.35. The van der Waals surface area contributed by atoms with Crippen LogP contribution in [0.4, 0.5) is 10.5 Å². The van der Waals surface area contributed by atoms with E-state index in [2.05, 4.69) is 22.8 Å². The van der Waals surface area contributed by atoms with Crippen molar-refractivity contribution in [2.45, 2.75) is 27.3 Å². The molecule has 0 bridgehead atoms. The largest absolute Gasteiger partial charge is 0.334 e. The van der Waals surface area contributed by atoms with Gasteiger partial charge < -0.3 is 10.6 Å². The van der Waals surface area contributed by atoms with Gasteiger partial charge in [0.2, 0.25) is 0 Å². The van der Waals surface area contributed by atoms with Crippen molar-refractivity contribution >= 4 is 23.3 Å². The Morgan fingerprint density at radius 3 is 2.33 bits per heavy atom. The summed E-state index contributed by atoms with van der Waals surface area (Å²) < 4.78 is 0. The first-order valence-corrected chi connectivity index (χ1v) is 7.21. The van der Waals surface area contributed by atoms with Crippen LogP contribution >= 0.6 is 11.6 Å². The monoisotopic (exact) mass is 302 g/mol.